The molecule has 0 atom stereocenters. The molecule has 4 nitrogen and oxygen atoms in total. The van der Waals surface area contributed by atoms with Crippen LogP contribution in [0.1, 0.15) is 24.8 Å². The molecule has 1 saturated carbocycles. The summed E-state index contributed by atoms with van der Waals surface area (Å²) in [6.07, 6.45) is 3.04. The van der Waals surface area contributed by atoms with Gasteiger partial charge in [0.15, 0.2) is 0 Å². The van der Waals surface area contributed by atoms with Gasteiger partial charge in [-0.15, -0.1) is 0 Å². The molecule has 1 aliphatic rings. The molecular formula is C15H22N2O2. The number of hydrogen-bond donors (Lipinski definition) is 1. The van der Waals surface area contributed by atoms with Crippen LogP contribution in [0.3, 0.4) is 0 Å². The topological polar surface area (TPSA) is 41.6 Å². The third-order valence-corrected chi connectivity index (χ3v) is 3.49. The SMILES string of the molecule is COc1ccc(N(C)C(=O)CCNC2CC2)cc1C. The maximum Gasteiger partial charge on any atom is 0.227 e. The van der Waals surface area contributed by atoms with Crippen LogP contribution in [0.4, 0.5) is 5.69 Å². The van der Waals surface area contributed by atoms with E-state index >= 15 is 0 Å². The fourth-order valence-electron chi connectivity index (χ4n) is 2.05. The van der Waals surface area contributed by atoms with Crippen LogP contribution in [0.2, 0.25) is 0 Å². The van der Waals surface area contributed by atoms with E-state index in [1.165, 1.54) is 12.8 Å². The second-order valence-corrected chi connectivity index (χ2v) is 5.09. The molecule has 0 radical (unpaired) electrons. The number of benzene rings is 1. The van der Waals surface area contributed by atoms with Gasteiger partial charge >= 0.3 is 0 Å². The van der Waals surface area contributed by atoms with E-state index in [1.807, 2.05) is 32.2 Å². The maximum absolute atomic E-state index is 12.1. The van der Waals surface area contributed by atoms with Crippen molar-refractivity contribution in [3.05, 3.63) is 23.8 Å². The molecule has 0 bridgehead atoms. The zero-order valence-electron chi connectivity index (χ0n) is 11.9. The molecule has 0 spiro atoms. The lowest BCUT2D eigenvalue weighted by molar-refractivity contribution is -0.118. The van der Waals surface area contributed by atoms with Gasteiger partial charge < -0.3 is 15.0 Å². The van der Waals surface area contributed by atoms with Crippen molar-refractivity contribution < 1.29 is 9.53 Å². The van der Waals surface area contributed by atoms with Gasteiger partial charge in [0.05, 0.1) is 7.11 Å². The fourth-order valence-corrected chi connectivity index (χ4v) is 2.05. The number of hydrogen-bond acceptors (Lipinski definition) is 3. The van der Waals surface area contributed by atoms with E-state index in [1.54, 1.807) is 12.0 Å². The van der Waals surface area contributed by atoms with Crippen molar-refractivity contribution in [2.45, 2.75) is 32.2 Å². The van der Waals surface area contributed by atoms with E-state index < -0.39 is 0 Å². The lowest BCUT2D eigenvalue weighted by Crippen LogP contribution is -2.30. The highest BCUT2D eigenvalue weighted by molar-refractivity contribution is 5.93. The summed E-state index contributed by atoms with van der Waals surface area (Å²) in [7, 11) is 3.47. The monoisotopic (exact) mass is 262 g/mol. The highest BCUT2D eigenvalue weighted by atomic mass is 16.5. The van der Waals surface area contributed by atoms with Crippen LogP contribution < -0.4 is 15.0 Å². The molecule has 0 aromatic heterocycles. The van der Waals surface area contributed by atoms with E-state index in [-0.39, 0.29) is 5.91 Å². The van der Waals surface area contributed by atoms with Gasteiger partial charge in [-0.2, -0.15) is 0 Å². The summed E-state index contributed by atoms with van der Waals surface area (Å²) in [5, 5.41) is 3.36. The zero-order chi connectivity index (χ0) is 13.8. The number of anilines is 1. The molecule has 0 saturated heterocycles. The first-order valence-corrected chi connectivity index (χ1v) is 6.76. The smallest absolute Gasteiger partial charge is 0.227 e. The lowest BCUT2D eigenvalue weighted by atomic mass is 10.2. The van der Waals surface area contributed by atoms with E-state index in [0.717, 1.165) is 23.5 Å². The van der Waals surface area contributed by atoms with Gasteiger partial charge in [0, 0.05) is 31.7 Å². The quantitative estimate of drug-likeness (QED) is 0.853. The van der Waals surface area contributed by atoms with Crippen molar-refractivity contribution in [3.63, 3.8) is 0 Å². The lowest BCUT2D eigenvalue weighted by Gasteiger charge is -2.19. The van der Waals surface area contributed by atoms with Crippen LogP contribution >= 0.6 is 0 Å². The molecule has 1 fully saturated rings. The van der Waals surface area contributed by atoms with Crippen molar-refractivity contribution in [2.24, 2.45) is 0 Å². The summed E-state index contributed by atoms with van der Waals surface area (Å²) in [4.78, 5) is 13.8. The average molecular weight is 262 g/mol. The highest BCUT2D eigenvalue weighted by Gasteiger charge is 2.20. The number of carbonyl (C=O) groups excluding carboxylic acids is 1. The number of carbonyl (C=O) groups is 1. The van der Waals surface area contributed by atoms with Gasteiger partial charge in [-0.3, -0.25) is 4.79 Å². The third-order valence-electron chi connectivity index (χ3n) is 3.49. The molecule has 1 aromatic carbocycles. The number of nitrogens with zero attached hydrogens (tertiary/aromatic N) is 1. The van der Waals surface area contributed by atoms with Gasteiger partial charge in [0.1, 0.15) is 5.75 Å². The van der Waals surface area contributed by atoms with Crippen molar-refractivity contribution in [3.8, 4) is 5.75 Å². The van der Waals surface area contributed by atoms with Gasteiger partial charge in [0.25, 0.3) is 0 Å². The molecule has 1 aromatic rings. The van der Waals surface area contributed by atoms with Gasteiger partial charge in [-0.1, -0.05) is 0 Å². The molecular weight excluding hydrogens is 240 g/mol. The molecule has 1 amide bonds. The summed E-state index contributed by atoms with van der Waals surface area (Å²) in [5.74, 6) is 0.984. The Bertz CT molecular complexity index is 455. The first-order valence-electron chi connectivity index (χ1n) is 6.76. The van der Waals surface area contributed by atoms with Crippen LogP contribution in [0.25, 0.3) is 0 Å². The normalized spacial score (nSPS) is 14.3. The van der Waals surface area contributed by atoms with Crippen molar-refractivity contribution >= 4 is 11.6 Å². The fraction of sp³-hybridized carbons (Fsp3) is 0.533. The van der Waals surface area contributed by atoms with Gasteiger partial charge in [-0.25, -0.2) is 0 Å². The second-order valence-electron chi connectivity index (χ2n) is 5.09. The van der Waals surface area contributed by atoms with E-state index in [9.17, 15) is 4.79 Å². The summed E-state index contributed by atoms with van der Waals surface area (Å²) in [6.45, 7) is 2.75. The molecule has 1 aliphatic carbocycles. The first-order chi connectivity index (χ1) is 9.11. The minimum Gasteiger partial charge on any atom is -0.496 e. The van der Waals surface area contributed by atoms with E-state index in [0.29, 0.717) is 12.5 Å². The minimum absolute atomic E-state index is 0.137. The molecule has 4 heteroatoms. The van der Waals surface area contributed by atoms with Crippen molar-refractivity contribution in [1.29, 1.82) is 0 Å². The zero-order valence-corrected chi connectivity index (χ0v) is 11.9. The summed E-state index contributed by atoms with van der Waals surface area (Å²) >= 11 is 0. The number of aryl methyl sites for hydroxylation is 1. The average Bonchev–Trinajstić information content (AvgIpc) is 3.21. The van der Waals surface area contributed by atoms with Crippen molar-refractivity contribution in [1.82, 2.24) is 5.32 Å². The Morgan fingerprint density at radius 2 is 2.21 bits per heavy atom. The Hall–Kier alpha value is -1.55. The molecule has 104 valence electrons. The Kier molecular flexibility index (Phi) is 4.43. The Morgan fingerprint density at radius 1 is 1.47 bits per heavy atom. The Labute approximate surface area is 114 Å². The number of nitrogens with one attached hydrogen (secondary N) is 1. The standard InChI is InChI=1S/C15H22N2O2/c1-11-10-13(6-7-14(11)19-3)17(2)15(18)8-9-16-12-4-5-12/h6-7,10,12,16H,4-5,8-9H2,1-3H3. The van der Waals surface area contributed by atoms with Crippen LogP contribution in [0, 0.1) is 6.92 Å². The summed E-state index contributed by atoms with van der Waals surface area (Å²) < 4.78 is 5.22. The van der Waals surface area contributed by atoms with E-state index in [2.05, 4.69) is 5.32 Å². The molecule has 1 N–H and O–H groups in total. The molecule has 19 heavy (non-hydrogen) atoms. The number of amides is 1. The molecule has 0 unspecified atom stereocenters. The predicted octanol–water partition coefficient (Wildman–Crippen LogP) is 2.11. The Balaban J connectivity index is 1.91. The van der Waals surface area contributed by atoms with Crippen LogP contribution in [0.5, 0.6) is 5.75 Å². The third kappa shape index (κ3) is 3.70. The number of ether oxygens (including phenoxy) is 1. The molecule has 0 heterocycles. The number of methoxy groups -OCH3 is 1. The minimum atomic E-state index is 0.137. The second kappa shape index (κ2) is 6.06. The van der Waals surface area contributed by atoms with Crippen molar-refractivity contribution in [2.75, 3.05) is 25.6 Å². The Morgan fingerprint density at radius 3 is 2.79 bits per heavy atom. The van der Waals surface area contributed by atoms with Gasteiger partial charge in [-0.05, 0) is 43.5 Å². The predicted molar refractivity (Wildman–Crippen MR) is 76.8 cm³/mol. The number of rotatable bonds is 6. The summed E-state index contributed by atoms with van der Waals surface area (Å²) in [5.41, 5.74) is 1.95. The first kappa shape index (κ1) is 13.9. The maximum atomic E-state index is 12.1. The molecule has 0 aliphatic heterocycles. The largest absolute Gasteiger partial charge is 0.496 e. The highest BCUT2D eigenvalue weighted by Crippen LogP contribution is 2.24. The van der Waals surface area contributed by atoms with Crippen LogP contribution in [0.15, 0.2) is 18.2 Å². The van der Waals surface area contributed by atoms with Gasteiger partial charge in [0.2, 0.25) is 5.91 Å². The molecule has 2 rings (SSSR count). The van der Waals surface area contributed by atoms with Crippen LogP contribution in [-0.2, 0) is 4.79 Å². The van der Waals surface area contributed by atoms with E-state index in [4.69, 9.17) is 4.74 Å². The summed E-state index contributed by atoms with van der Waals surface area (Å²) in [6, 6.07) is 6.45. The van der Waals surface area contributed by atoms with Crippen LogP contribution in [-0.4, -0.2) is 32.7 Å².